The molecule has 0 radical (unpaired) electrons. The summed E-state index contributed by atoms with van der Waals surface area (Å²) < 4.78 is 38.8. The fourth-order valence-electron chi connectivity index (χ4n) is 2.61. The third kappa shape index (κ3) is 2.97. The molecule has 1 aliphatic carbocycles. The molecule has 1 aliphatic rings. The smallest absolute Gasteiger partial charge is 0.347 e. The number of rotatable bonds is 4. The number of carbonyl (C=O) groups excluding carboxylic acids is 1. The number of nitrogens with two attached hydrogens (primary N) is 1. The second-order valence-electron chi connectivity index (χ2n) is 5.31. The molecule has 1 fully saturated rings. The zero-order valence-electron chi connectivity index (χ0n) is 11.7. The number of alkyl halides is 3. The number of anilines is 1. The molecule has 21 heavy (non-hydrogen) atoms. The van der Waals surface area contributed by atoms with Gasteiger partial charge in [-0.05, 0) is 37.8 Å². The minimum absolute atomic E-state index is 0.0907. The Morgan fingerprint density at radius 2 is 2.05 bits per heavy atom. The average molecular weight is 301 g/mol. The third-order valence-electron chi connectivity index (χ3n) is 4.12. The van der Waals surface area contributed by atoms with Crippen LogP contribution in [0.5, 0.6) is 0 Å². The maximum atomic E-state index is 12.9. The number of halogens is 3. The van der Waals surface area contributed by atoms with Gasteiger partial charge >= 0.3 is 6.18 Å². The van der Waals surface area contributed by atoms with Gasteiger partial charge in [-0.3, -0.25) is 10.6 Å². The lowest BCUT2D eigenvalue weighted by molar-refractivity contribution is -0.137. The van der Waals surface area contributed by atoms with Gasteiger partial charge in [0.25, 0.3) is 5.91 Å². The molecular weight excluding hydrogens is 283 g/mol. The molecule has 1 aromatic carbocycles. The first kappa shape index (κ1) is 15.6. The number of nitrogen functional groups attached to an aromatic ring is 1. The van der Waals surface area contributed by atoms with Gasteiger partial charge in [0.2, 0.25) is 0 Å². The summed E-state index contributed by atoms with van der Waals surface area (Å²) in [7, 11) is 0. The largest absolute Gasteiger partial charge is 0.418 e. The Morgan fingerprint density at radius 3 is 2.48 bits per heavy atom. The van der Waals surface area contributed by atoms with E-state index in [0.717, 1.165) is 31.7 Å². The monoisotopic (exact) mass is 301 g/mol. The van der Waals surface area contributed by atoms with Crippen LogP contribution in [0.3, 0.4) is 0 Å². The van der Waals surface area contributed by atoms with Crippen LogP contribution < -0.4 is 16.6 Å². The number of hydrogen-bond acceptors (Lipinski definition) is 3. The van der Waals surface area contributed by atoms with Crippen LogP contribution in [0.4, 0.5) is 18.9 Å². The molecule has 116 valence electrons. The van der Waals surface area contributed by atoms with Crippen molar-refractivity contribution in [3.63, 3.8) is 0 Å². The second kappa shape index (κ2) is 5.55. The summed E-state index contributed by atoms with van der Waals surface area (Å²) in [5.74, 6) is 4.67. The number of nitrogens with one attached hydrogen (secondary N) is 2. The first-order valence-electron chi connectivity index (χ1n) is 6.82. The summed E-state index contributed by atoms with van der Waals surface area (Å²) in [5, 5.41) is 2.85. The third-order valence-corrected chi connectivity index (χ3v) is 4.12. The van der Waals surface area contributed by atoms with Crippen LogP contribution in [0.25, 0.3) is 0 Å². The van der Waals surface area contributed by atoms with Crippen molar-refractivity contribution in [3.05, 3.63) is 29.3 Å². The molecule has 7 heteroatoms. The molecule has 0 spiro atoms. The molecule has 0 heterocycles. The van der Waals surface area contributed by atoms with E-state index in [-0.39, 0.29) is 11.1 Å². The van der Waals surface area contributed by atoms with E-state index in [9.17, 15) is 18.0 Å². The number of para-hydroxylation sites is 1. The van der Waals surface area contributed by atoms with Crippen molar-refractivity contribution in [2.24, 2.45) is 5.84 Å². The van der Waals surface area contributed by atoms with Crippen LogP contribution >= 0.6 is 0 Å². The van der Waals surface area contributed by atoms with Crippen molar-refractivity contribution in [2.45, 2.75) is 44.3 Å². The summed E-state index contributed by atoms with van der Waals surface area (Å²) in [5.41, 5.74) is 0.283. The highest BCUT2D eigenvalue weighted by Crippen LogP contribution is 2.38. The van der Waals surface area contributed by atoms with Crippen LogP contribution in [-0.4, -0.2) is 11.4 Å². The zero-order valence-corrected chi connectivity index (χ0v) is 11.7. The Balaban J connectivity index is 2.33. The summed E-state index contributed by atoms with van der Waals surface area (Å²) in [4.78, 5) is 12.3. The lowest BCUT2D eigenvalue weighted by Crippen LogP contribution is -2.53. The molecule has 1 amide bonds. The Hall–Kier alpha value is -1.76. The lowest BCUT2D eigenvalue weighted by atomic mass is 9.74. The van der Waals surface area contributed by atoms with E-state index in [0.29, 0.717) is 0 Å². The molecule has 0 bridgehead atoms. The van der Waals surface area contributed by atoms with Crippen molar-refractivity contribution in [3.8, 4) is 0 Å². The van der Waals surface area contributed by atoms with Crippen LogP contribution in [0, 0.1) is 0 Å². The Labute approximate surface area is 120 Å². The normalized spacial score (nSPS) is 17.0. The molecule has 4 N–H and O–H groups in total. The van der Waals surface area contributed by atoms with Crippen LogP contribution in [0.1, 0.15) is 48.5 Å². The van der Waals surface area contributed by atoms with Crippen LogP contribution in [0.2, 0.25) is 0 Å². The van der Waals surface area contributed by atoms with E-state index in [4.69, 9.17) is 5.84 Å². The predicted molar refractivity (Wildman–Crippen MR) is 73.6 cm³/mol. The highest BCUT2D eigenvalue weighted by Gasteiger charge is 2.39. The summed E-state index contributed by atoms with van der Waals surface area (Å²) >= 11 is 0. The Bertz CT molecular complexity index is 533. The van der Waals surface area contributed by atoms with Crippen molar-refractivity contribution >= 4 is 11.6 Å². The van der Waals surface area contributed by atoms with Gasteiger partial charge in [0.05, 0.1) is 16.8 Å². The van der Waals surface area contributed by atoms with E-state index in [1.54, 1.807) is 0 Å². The van der Waals surface area contributed by atoms with Gasteiger partial charge in [0.15, 0.2) is 0 Å². The van der Waals surface area contributed by atoms with Crippen molar-refractivity contribution in [1.82, 2.24) is 5.32 Å². The van der Waals surface area contributed by atoms with Crippen molar-refractivity contribution in [2.75, 3.05) is 5.43 Å². The second-order valence-corrected chi connectivity index (χ2v) is 5.31. The van der Waals surface area contributed by atoms with Crippen LogP contribution in [-0.2, 0) is 6.18 Å². The van der Waals surface area contributed by atoms with Crippen molar-refractivity contribution in [1.29, 1.82) is 0 Å². The lowest BCUT2D eigenvalue weighted by Gasteiger charge is -2.42. The molecule has 2 rings (SSSR count). The first-order valence-corrected chi connectivity index (χ1v) is 6.82. The van der Waals surface area contributed by atoms with Crippen LogP contribution in [0.15, 0.2) is 18.2 Å². The molecule has 0 saturated heterocycles. The number of amides is 1. The Kier molecular flexibility index (Phi) is 4.13. The number of hydrazine groups is 1. The van der Waals surface area contributed by atoms with Gasteiger partial charge in [-0.1, -0.05) is 13.0 Å². The maximum absolute atomic E-state index is 12.9. The van der Waals surface area contributed by atoms with E-state index in [2.05, 4.69) is 5.32 Å². The van der Waals surface area contributed by atoms with E-state index in [1.807, 2.05) is 12.3 Å². The SMILES string of the molecule is CCC1(NC(=O)c2cccc(C(F)(F)F)c2NN)CCC1. The molecule has 0 unspecified atom stereocenters. The summed E-state index contributed by atoms with van der Waals surface area (Å²) in [6, 6.07) is 3.44. The fourth-order valence-corrected chi connectivity index (χ4v) is 2.61. The zero-order chi connectivity index (χ0) is 15.7. The minimum Gasteiger partial charge on any atom is -0.347 e. The minimum atomic E-state index is -4.57. The number of carbonyl (C=O) groups is 1. The Morgan fingerprint density at radius 1 is 1.38 bits per heavy atom. The molecule has 1 aromatic rings. The topological polar surface area (TPSA) is 67.2 Å². The molecule has 1 saturated carbocycles. The molecule has 0 aliphatic heterocycles. The highest BCUT2D eigenvalue weighted by molar-refractivity contribution is 6.00. The molecule has 4 nitrogen and oxygen atoms in total. The summed E-state index contributed by atoms with van der Waals surface area (Å²) in [6.07, 6.45) is -1.11. The van der Waals surface area contributed by atoms with Crippen molar-refractivity contribution < 1.29 is 18.0 Å². The highest BCUT2D eigenvalue weighted by atomic mass is 19.4. The van der Waals surface area contributed by atoms with E-state index < -0.39 is 23.3 Å². The molecule has 0 aromatic heterocycles. The fraction of sp³-hybridized carbons (Fsp3) is 0.500. The predicted octanol–water partition coefficient (Wildman–Crippen LogP) is 3.05. The maximum Gasteiger partial charge on any atom is 0.418 e. The molecule has 0 atom stereocenters. The first-order chi connectivity index (χ1) is 9.83. The molecular formula is C14H18F3N3O. The van der Waals surface area contributed by atoms with Gasteiger partial charge < -0.3 is 10.7 Å². The number of hydrogen-bond donors (Lipinski definition) is 3. The van der Waals surface area contributed by atoms with Gasteiger partial charge in [0.1, 0.15) is 0 Å². The summed E-state index contributed by atoms with van der Waals surface area (Å²) in [6.45, 7) is 1.95. The quantitative estimate of drug-likeness (QED) is 0.591. The van der Waals surface area contributed by atoms with E-state index in [1.165, 1.54) is 12.1 Å². The standard InChI is InChI=1S/C14H18F3N3O/c1-2-13(7-4-8-13)19-12(21)9-5-3-6-10(11(9)20-18)14(15,16)17/h3,5-6,20H,2,4,7-8,18H2,1H3,(H,19,21). The van der Waals surface area contributed by atoms with Gasteiger partial charge in [0, 0.05) is 5.54 Å². The van der Waals surface area contributed by atoms with Gasteiger partial charge in [-0.25, -0.2) is 0 Å². The van der Waals surface area contributed by atoms with E-state index >= 15 is 0 Å². The van der Waals surface area contributed by atoms with Gasteiger partial charge in [-0.2, -0.15) is 13.2 Å². The average Bonchev–Trinajstić information content (AvgIpc) is 2.40. The van der Waals surface area contributed by atoms with Gasteiger partial charge in [-0.15, -0.1) is 0 Å². The number of benzene rings is 1.